The monoisotopic (exact) mass is 582 g/mol. The number of amides is 1. The van der Waals surface area contributed by atoms with Gasteiger partial charge in [0.1, 0.15) is 18.1 Å². The van der Waals surface area contributed by atoms with Crippen molar-refractivity contribution < 1.29 is 27.3 Å². The maximum Gasteiger partial charge on any atom is 0.419 e. The number of nitrogens with zero attached hydrogens (tertiary/aromatic N) is 3. The maximum atomic E-state index is 14.2. The Morgan fingerprint density at radius 3 is 2.63 bits per heavy atom. The molecule has 1 saturated heterocycles. The van der Waals surface area contributed by atoms with Crippen molar-refractivity contribution in [2.75, 3.05) is 32.8 Å². The standard InChI is InChI=1S/C31H51F3N5O2/c1-6-9-15-26(14-8-3)39-21-11-17-28(24(39)4)37-25(5)36-23-27(31(32,33)34)29(16-10-7-2)35-18-12-19-38-20-13-22-41-30(38)40/h16-17,23,26,35H,6-15,18-22H2,1-5H3,(H,36,37)/q+1/b27-23+,29-16-. The van der Waals surface area contributed by atoms with E-state index in [4.69, 9.17) is 4.74 Å². The summed E-state index contributed by atoms with van der Waals surface area (Å²) in [6.07, 6.45) is 8.74. The fourth-order valence-electron chi connectivity index (χ4n) is 5.19. The summed E-state index contributed by atoms with van der Waals surface area (Å²) >= 11 is 0. The number of allylic oxidation sites excluding steroid dienone is 3. The third-order valence-corrected chi connectivity index (χ3v) is 7.40. The van der Waals surface area contributed by atoms with Gasteiger partial charge in [0.15, 0.2) is 11.8 Å². The molecular weight excluding hydrogens is 531 g/mol. The van der Waals surface area contributed by atoms with Gasteiger partial charge >= 0.3 is 12.3 Å². The van der Waals surface area contributed by atoms with Crippen molar-refractivity contribution in [3.05, 3.63) is 35.3 Å². The van der Waals surface area contributed by atoms with Crippen molar-refractivity contribution in [3.8, 4) is 0 Å². The van der Waals surface area contributed by atoms with Crippen LogP contribution >= 0.6 is 0 Å². The number of rotatable bonds is 16. The minimum Gasteiger partial charge on any atom is -0.449 e. The van der Waals surface area contributed by atoms with Crippen LogP contribution in [0.5, 0.6) is 0 Å². The fourth-order valence-corrected chi connectivity index (χ4v) is 5.19. The molecule has 0 radical (unpaired) electrons. The Morgan fingerprint density at radius 2 is 1.98 bits per heavy atom. The van der Waals surface area contributed by atoms with Crippen molar-refractivity contribution in [1.82, 2.24) is 15.5 Å². The lowest BCUT2D eigenvalue weighted by molar-refractivity contribution is -0.569. The van der Waals surface area contributed by atoms with Crippen LogP contribution in [0.2, 0.25) is 0 Å². The van der Waals surface area contributed by atoms with Gasteiger partial charge in [-0.05, 0) is 45.1 Å². The van der Waals surface area contributed by atoms with Crippen LogP contribution in [0.3, 0.4) is 0 Å². The molecule has 0 aromatic carbocycles. The number of nitrogens with one attached hydrogen (secondary N) is 2. The second-order valence-electron chi connectivity index (χ2n) is 10.8. The number of carbonyl (C=O) groups excluding carboxylic acids is 1. The Hall–Kier alpha value is -2.78. The van der Waals surface area contributed by atoms with E-state index < -0.39 is 11.7 Å². The molecule has 0 aromatic rings. The smallest absolute Gasteiger partial charge is 0.419 e. The van der Waals surface area contributed by atoms with E-state index in [1.165, 1.54) is 6.42 Å². The first-order valence-corrected chi connectivity index (χ1v) is 15.4. The molecule has 10 heteroatoms. The van der Waals surface area contributed by atoms with E-state index >= 15 is 0 Å². The highest BCUT2D eigenvalue weighted by Crippen LogP contribution is 2.31. The van der Waals surface area contributed by atoms with Crippen LogP contribution in [0, 0.1) is 0 Å². The molecule has 7 nitrogen and oxygen atoms in total. The Labute approximate surface area is 244 Å². The van der Waals surface area contributed by atoms with E-state index in [0.717, 1.165) is 69.1 Å². The Kier molecular flexibility index (Phi) is 15.0. The highest BCUT2D eigenvalue weighted by atomic mass is 19.4. The van der Waals surface area contributed by atoms with Gasteiger partial charge in [0.2, 0.25) is 0 Å². The molecule has 2 rings (SSSR count). The van der Waals surface area contributed by atoms with Gasteiger partial charge in [-0.3, -0.25) is 0 Å². The molecule has 0 aromatic heterocycles. The van der Waals surface area contributed by atoms with Gasteiger partial charge in [0, 0.05) is 57.7 Å². The number of amidine groups is 1. The van der Waals surface area contributed by atoms with Crippen LogP contribution in [-0.2, 0) is 4.74 Å². The topological polar surface area (TPSA) is 69.0 Å². The third-order valence-electron chi connectivity index (χ3n) is 7.40. The predicted octanol–water partition coefficient (Wildman–Crippen LogP) is 7.07. The normalized spacial score (nSPS) is 18.3. The van der Waals surface area contributed by atoms with E-state index in [1.54, 1.807) is 17.9 Å². The van der Waals surface area contributed by atoms with E-state index in [2.05, 4.69) is 47.0 Å². The molecule has 1 atom stereocenters. The van der Waals surface area contributed by atoms with Crippen molar-refractivity contribution in [1.29, 1.82) is 0 Å². The summed E-state index contributed by atoms with van der Waals surface area (Å²) in [5.74, 6) is 0.401. The fraction of sp³-hybridized carbons (Fsp3) is 0.710. The Balaban J connectivity index is 2.17. The summed E-state index contributed by atoms with van der Waals surface area (Å²) in [5.41, 5.74) is 1.23. The van der Waals surface area contributed by atoms with Crippen LogP contribution in [0.4, 0.5) is 18.0 Å². The number of halogens is 3. The quantitative estimate of drug-likeness (QED) is 0.0672. The number of alkyl halides is 3. The summed E-state index contributed by atoms with van der Waals surface area (Å²) in [4.78, 5) is 17.6. The lowest BCUT2D eigenvalue weighted by Gasteiger charge is -2.26. The average Bonchev–Trinajstić information content (AvgIpc) is 2.93. The number of ether oxygens (including phenoxy) is 1. The van der Waals surface area contributed by atoms with Gasteiger partial charge < -0.3 is 20.3 Å². The molecule has 1 unspecified atom stereocenters. The molecule has 1 fully saturated rings. The lowest BCUT2D eigenvalue weighted by atomic mass is 10.0. The molecule has 0 aliphatic carbocycles. The summed E-state index contributed by atoms with van der Waals surface area (Å²) in [6, 6.07) is 0.470. The van der Waals surface area contributed by atoms with Crippen LogP contribution in [0.1, 0.15) is 98.8 Å². The minimum atomic E-state index is -4.58. The van der Waals surface area contributed by atoms with Crippen LogP contribution in [0.25, 0.3) is 0 Å². The van der Waals surface area contributed by atoms with Gasteiger partial charge in [-0.2, -0.15) is 13.2 Å². The van der Waals surface area contributed by atoms with Crippen LogP contribution in [-0.4, -0.2) is 72.1 Å². The van der Waals surface area contributed by atoms with E-state index in [0.29, 0.717) is 51.0 Å². The van der Waals surface area contributed by atoms with Gasteiger partial charge in [0.25, 0.3) is 0 Å². The van der Waals surface area contributed by atoms with Gasteiger partial charge in [0.05, 0.1) is 12.2 Å². The third kappa shape index (κ3) is 11.6. The molecular formula is C31H51F3N5O2+. The zero-order valence-electron chi connectivity index (χ0n) is 25.7. The number of unbranched alkanes of at least 4 members (excludes halogenated alkanes) is 2. The summed E-state index contributed by atoms with van der Waals surface area (Å²) in [5, 5.41) is 6.22. The Morgan fingerprint density at radius 1 is 1.20 bits per heavy atom. The zero-order chi connectivity index (χ0) is 30.3. The van der Waals surface area contributed by atoms with E-state index in [9.17, 15) is 18.0 Å². The molecule has 2 aliphatic rings. The van der Waals surface area contributed by atoms with Crippen LogP contribution < -0.4 is 10.6 Å². The Bertz CT molecular complexity index is 998. The summed E-state index contributed by atoms with van der Waals surface area (Å²) < 4.78 is 50.1. The number of hydrogen-bond donors (Lipinski definition) is 2. The van der Waals surface area contributed by atoms with Crippen LogP contribution in [0.15, 0.2) is 40.3 Å². The van der Waals surface area contributed by atoms with Gasteiger partial charge in [-0.25, -0.2) is 14.4 Å². The second-order valence-corrected chi connectivity index (χ2v) is 10.8. The molecule has 2 aliphatic heterocycles. The molecule has 0 saturated carbocycles. The highest BCUT2D eigenvalue weighted by Gasteiger charge is 2.36. The van der Waals surface area contributed by atoms with Gasteiger partial charge in [-0.15, -0.1) is 0 Å². The molecule has 232 valence electrons. The predicted molar refractivity (Wildman–Crippen MR) is 160 cm³/mol. The SMILES string of the molecule is CCC/C=C(NCCCN1CCCOC1=O)/C(=C\N=C(C)NC1=CCC[N+](C(CCC)CCCC)=C1C)C(F)(F)F. The molecule has 0 spiro atoms. The van der Waals surface area contributed by atoms with Crippen molar-refractivity contribution in [2.45, 2.75) is 111 Å². The van der Waals surface area contributed by atoms with Crippen molar-refractivity contribution in [2.24, 2.45) is 4.99 Å². The first kappa shape index (κ1) is 34.4. The number of aliphatic imine (C=N–C) groups is 1. The zero-order valence-corrected chi connectivity index (χ0v) is 25.7. The van der Waals surface area contributed by atoms with E-state index in [-0.39, 0.29) is 11.8 Å². The number of carbonyl (C=O) groups is 1. The maximum absolute atomic E-state index is 14.2. The number of hydrogen-bond acceptors (Lipinski definition) is 4. The molecule has 2 N–H and O–H groups in total. The van der Waals surface area contributed by atoms with E-state index in [1.807, 2.05) is 6.92 Å². The molecule has 41 heavy (non-hydrogen) atoms. The molecule has 2 heterocycles. The number of cyclic esters (lactones) is 1. The van der Waals surface area contributed by atoms with Gasteiger partial charge in [-0.1, -0.05) is 39.7 Å². The largest absolute Gasteiger partial charge is 0.449 e. The first-order chi connectivity index (χ1) is 19.6. The highest BCUT2D eigenvalue weighted by molar-refractivity contribution is 5.99. The van der Waals surface area contributed by atoms with Crippen molar-refractivity contribution >= 4 is 17.6 Å². The first-order valence-electron chi connectivity index (χ1n) is 15.4. The average molecular weight is 583 g/mol. The lowest BCUT2D eigenvalue weighted by Crippen LogP contribution is -2.39. The second kappa shape index (κ2) is 17.9. The minimum absolute atomic E-state index is 0.0150. The summed E-state index contributed by atoms with van der Waals surface area (Å²) in [7, 11) is 0. The van der Waals surface area contributed by atoms with Crippen molar-refractivity contribution in [3.63, 3.8) is 0 Å². The molecule has 1 amide bonds. The summed E-state index contributed by atoms with van der Waals surface area (Å²) in [6.45, 7) is 12.8. The molecule has 0 bridgehead atoms.